The zero-order chi connectivity index (χ0) is 13.8. The van der Waals surface area contributed by atoms with E-state index in [-0.39, 0.29) is 0 Å². The fourth-order valence-electron chi connectivity index (χ4n) is 2.23. The molecule has 3 rings (SSSR count). The molecule has 0 aliphatic carbocycles. The Bertz CT molecular complexity index is 670. The predicted octanol–water partition coefficient (Wildman–Crippen LogP) is 2.91. The lowest BCUT2D eigenvalue weighted by Gasteiger charge is -2.02. The SMILES string of the molecule is CNCc1occc1Cn1cc(-c2ccccc2)cn1. The fraction of sp³-hybridized carbons (Fsp3) is 0.188. The second kappa shape index (κ2) is 5.75. The molecule has 0 radical (unpaired) electrons. The van der Waals surface area contributed by atoms with Gasteiger partial charge in [0.25, 0.3) is 0 Å². The molecule has 0 saturated heterocycles. The van der Waals surface area contributed by atoms with Crippen molar-refractivity contribution in [3.05, 3.63) is 66.4 Å². The molecule has 3 aromatic rings. The maximum Gasteiger partial charge on any atom is 0.122 e. The lowest BCUT2D eigenvalue weighted by atomic mass is 10.1. The highest BCUT2D eigenvalue weighted by atomic mass is 16.3. The van der Waals surface area contributed by atoms with E-state index in [2.05, 4.69) is 28.7 Å². The van der Waals surface area contributed by atoms with Crippen LogP contribution in [0, 0.1) is 0 Å². The van der Waals surface area contributed by atoms with E-state index < -0.39 is 0 Å². The first-order valence-electron chi connectivity index (χ1n) is 6.64. The number of benzene rings is 1. The van der Waals surface area contributed by atoms with Gasteiger partial charge in [-0.1, -0.05) is 30.3 Å². The lowest BCUT2D eigenvalue weighted by Crippen LogP contribution is -2.08. The van der Waals surface area contributed by atoms with E-state index in [1.165, 1.54) is 5.56 Å². The Labute approximate surface area is 118 Å². The van der Waals surface area contributed by atoms with Crippen LogP contribution < -0.4 is 5.32 Å². The number of nitrogens with one attached hydrogen (secondary N) is 1. The van der Waals surface area contributed by atoms with Crippen LogP contribution in [-0.2, 0) is 13.1 Å². The summed E-state index contributed by atoms with van der Waals surface area (Å²) >= 11 is 0. The number of nitrogens with zero attached hydrogens (tertiary/aromatic N) is 2. The molecule has 2 heterocycles. The summed E-state index contributed by atoms with van der Waals surface area (Å²) in [6, 6.07) is 12.3. The van der Waals surface area contributed by atoms with Gasteiger partial charge >= 0.3 is 0 Å². The van der Waals surface area contributed by atoms with Crippen LogP contribution in [0.3, 0.4) is 0 Å². The molecule has 102 valence electrons. The Kier molecular flexibility index (Phi) is 3.65. The maximum absolute atomic E-state index is 5.47. The average Bonchev–Trinajstić information content (AvgIpc) is 3.11. The van der Waals surface area contributed by atoms with Gasteiger partial charge in [0.15, 0.2) is 0 Å². The second-order valence-electron chi connectivity index (χ2n) is 4.69. The van der Waals surface area contributed by atoms with Gasteiger partial charge in [-0.25, -0.2) is 0 Å². The zero-order valence-corrected chi connectivity index (χ0v) is 11.4. The molecule has 1 aromatic carbocycles. The van der Waals surface area contributed by atoms with Gasteiger partial charge in [-0.15, -0.1) is 0 Å². The monoisotopic (exact) mass is 267 g/mol. The first-order chi connectivity index (χ1) is 9.86. The molecule has 2 aromatic heterocycles. The Balaban J connectivity index is 1.79. The van der Waals surface area contributed by atoms with Crippen LogP contribution in [0.2, 0.25) is 0 Å². The molecule has 0 spiro atoms. The molecule has 0 amide bonds. The highest BCUT2D eigenvalue weighted by Crippen LogP contribution is 2.19. The molecule has 0 aliphatic rings. The van der Waals surface area contributed by atoms with Gasteiger partial charge in [0.2, 0.25) is 0 Å². The zero-order valence-electron chi connectivity index (χ0n) is 11.4. The number of hydrogen-bond donors (Lipinski definition) is 1. The van der Waals surface area contributed by atoms with Gasteiger partial charge in [-0.3, -0.25) is 4.68 Å². The highest BCUT2D eigenvalue weighted by molar-refractivity contribution is 5.61. The Morgan fingerprint density at radius 1 is 1.15 bits per heavy atom. The van der Waals surface area contributed by atoms with E-state index in [4.69, 9.17) is 4.42 Å². The molecule has 0 bridgehead atoms. The summed E-state index contributed by atoms with van der Waals surface area (Å²) in [4.78, 5) is 0. The van der Waals surface area contributed by atoms with E-state index in [0.29, 0.717) is 0 Å². The minimum absolute atomic E-state index is 0.723. The van der Waals surface area contributed by atoms with Crippen molar-refractivity contribution in [2.75, 3.05) is 7.05 Å². The number of furan rings is 1. The molecular weight excluding hydrogens is 250 g/mol. The molecule has 0 fully saturated rings. The van der Waals surface area contributed by atoms with E-state index >= 15 is 0 Å². The number of rotatable bonds is 5. The first kappa shape index (κ1) is 12.7. The van der Waals surface area contributed by atoms with Crippen molar-refractivity contribution in [2.45, 2.75) is 13.1 Å². The third kappa shape index (κ3) is 2.65. The molecule has 4 heteroatoms. The van der Waals surface area contributed by atoms with Gasteiger partial charge in [0.05, 0.1) is 25.5 Å². The molecule has 1 N–H and O–H groups in total. The van der Waals surface area contributed by atoms with Crippen LogP contribution in [-0.4, -0.2) is 16.8 Å². The summed E-state index contributed by atoms with van der Waals surface area (Å²) in [6.07, 6.45) is 5.68. The molecule has 0 unspecified atom stereocenters. The maximum atomic E-state index is 5.47. The molecule has 0 atom stereocenters. The van der Waals surface area contributed by atoms with Crippen LogP contribution >= 0.6 is 0 Å². The van der Waals surface area contributed by atoms with E-state index in [1.54, 1.807) is 6.26 Å². The quantitative estimate of drug-likeness (QED) is 0.773. The molecule has 0 saturated carbocycles. The summed E-state index contributed by atoms with van der Waals surface area (Å²) in [5, 5.41) is 7.53. The number of aromatic nitrogens is 2. The average molecular weight is 267 g/mol. The summed E-state index contributed by atoms with van der Waals surface area (Å²) in [5.74, 6) is 0.962. The van der Waals surface area contributed by atoms with Gasteiger partial charge in [0, 0.05) is 17.3 Å². The minimum atomic E-state index is 0.723. The molecular formula is C16H17N3O. The number of hydrogen-bond acceptors (Lipinski definition) is 3. The predicted molar refractivity (Wildman–Crippen MR) is 78.2 cm³/mol. The smallest absolute Gasteiger partial charge is 0.122 e. The third-order valence-electron chi connectivity index (χ3n) is 3.25. The fourth-order valence-corrected chi connectivity index (χ4v) is 2.23. The van der Waals surface area contributed by atoms with Crippen LogP contribution in [0.5, 0.6) is 0 Å². The Hall–Kier alpha value is -2.33. The largest absolute Gasteiger partial charge is 0.468 e. The Morgan fingerprint density at radius 3 is 2.80 bits per heavy atom. The first-order valence-corrected chi connectivity index (χ1v) is 6.64. The molecule has 4 nitrogen and oxygen atoms in total. The standard InChI is InChI=1S/C16H17N3O/c1-17-10-16-14(7-8-20-16)11-19-12-15(9-18-19)13-5-3-2-4-6-13/h2-9,12,17H,10-11H2,1H3. The van der Waals surface area contributed by atoms with Crippen molar-refractivity contribution in [3.8, 4) is 11.1 Å². The van der Waals surface area contributed by atoms with E-state index in [9.17, 15) is 0 Å². The van der Waals surface area contributed by atoms with Crippen LogP contribution in [0.4, 0.5) is 0 Å². The summed E-state index contributed by atoms with van der Waals surface area (Å²) in [5.41, 5.74) is 3.47. The van der Waals surface area contributed by atoms with Gasteiger partial charge in [-0.05, 0) is 18.7 Å². The minimum Gasteiger partial charge on any atom is -0.468 e. The van der Waals surface area contributed by atoms with Crippen LogP contribution in [0.1, 0.15) is 11.3 Å². The normalized spacial score (nSPS) is 10.8. The van der Waals surface area contributed by atoms with E-state index in [1.807, 2.05) is 42.2 Å². The van der Waals surface area contributed by atoms with Crippen molar-refractivity contribution in [3.63, 3.8) is 0 Å². The van der Waals surface area contributed by atoms with Crippen molar-refractivity contribution in [2.24, 2.45) is 0 Å². The van der Waals surface area contributed by atoms with Crippen molar-refractivity contribution >= 4 is 0 Å². The molecule has 20 heavy (non-hydrogen) atoms. The third-order valence-corrected chi connectivity index (χ3v) is 3.25. The Morgan fingerprint density at radius 2 is 2.00 bits per heavy atom. The van der Waals surface area contributed by atoms with Crippen molar-refractivity contribution < 1.29 is 4.42 Å². The molecule has 0 aliphatic heterocycles. The van der Waals surface area contributed by atoms with E-state index in [0.717, 1.165) is 30.0 Å². The van der Waals surface area contributed by atoms with Gasteiger partial charge < -0.3 is 9.73 Å². The van der Waals surface area contributed by atoms with Gasteiger partial charge in [0.1, 0.15) is 5.76 Å². The topological polar surface area (TPSA) is 43.0 Å². The van der Waals surface area contributed by atoms with Crippen molar-refractivity contribution in [1.82, 2.24) is 15.1 Å². The summed E-state index contributed by atoms with van der Waals surface area (Å²) < 4.78 is 7.40. The van der Waals surface area contributed by atoms with Crippen LogP contribution in [0.25, 0.3) is 11.1 Å². The van der Waals surface area contributed by atoms with Crippen molar-refractivity contribution in [1.29, 1.82) is 0 Å². The van der Waals surface area contributed by atoms with Gasteiger partial charge in [-0.2, -0.15) is 5.10 Å². The van der Waals surface area contributed by atoms with Crippen LogP contribution in [0.15, 0.2) is 59.5 Å². The summed E-state index contributed by atoms with van der Waals surface area (Å²) in [6.45, 7) is 1.45. The summed E-state index contributed by atoms with van der Waals surface area (Å²) in [7, 11) is 1.91. The lowest BCUT2D eigenvalue weighted by molar-refractivity contribution is 0.487. The highest BCUT2D eigenvalue weighted by Gasteiger charge is 2.07. The second-order valence-corrected chi connectivity index (χ2v) is 4.69.